The Hall–Kier alpha value is -1.48. The highest BCUT2D eigenvalue weighted by Crippen LogP contribution is 2.26. The number of nitrogens with two attached hydrogens (primary N) is 2. The molecule has 0 saturated carbocycles. The number of hydrogen-bond donors (Lipinski definition) is 2. The van der Waals surface area contributed by atoms with Crippen molar-refractivity contribution >= 4 is 5.69 Å². The minimum absolute atomic E-state index is 0.212. The fourth-order valence-electron chi connectivity index (χ4n) is 1.13. The van der Waals surface area contributed by atoms with Gasteiger partial charge in [-0.2, -0.15) is 0 Å². The number of ether oxygens (including phenoxy) is 1. The largest absolute Gasteiger partial charge is 0.496 e. The summed E-state index contributed by atoms with van der Waals surface area (Å²) in [5.74, 6) is 0.701. The van der Waals surface area contributed by atoms with Crippen LogP contribution in [0.2, 0.25) is 0 Å². The third-order valence-corrected chi connectivity index (χ3v) is 1.87. The molecule has 0 aliphatic carbocycles. The third kappa shape index (κ3) is 2.00. The van der Waals surface area contributed by atoms with E-state index in [1.54, 1.807) is 25.3 Å². The molecule has 0 saturated heterocycles. The van der Waals surface area contributed by atoms with E-state index in [-0.39, 0.29) is 6.04 Å². The minimum Gasteiger partial charge on any atom is -0.496 e. The highest BCUT2D eigenvalue weighted by atomic mass is 16.5. The van der Waals surface area contributed by atoms with Gasteiger partial charge in [-0.1, -0.05) is 12.1 Å². The van der Waals surface area contributed by atoms with Gasteiger partial charge in [-0.3, -0.25) is 0 Å². The predicted octanol–water partition coefficient (Wildman–Crippen LogP) is 1.46. The van der Waals surface area contributed by atoms with Crippen LogP contribution in [0, 0.1) is 0 Å². The molecule has 0 unspecified atom stereocenters. The molecule has 0 aliphatic heterocycles. The Labute approximate surface area is 78.0 Å². The maximum Gasteiger partial charge on any atom is 0.126 e. The van der Waals surface area contributed by atoms with Gasteiger partial charge in [0, 0.05) is 17.3 Å². The molecular weight excluding hydrogens is 164 g/mol. The fourth-order valence-corrected chi connectivity index (χ4v) is 1.13. The molecular formula is C10H14N2O. The quantitative estimate of drug-likeness (QED) is 0.544. The molecule has 0 radical (unpaired) electrons. The summed E-state index contributed by atoms with van der Waals surface area (Å²) in [5.41, 5.74) is 12.9. The van der Waals surface area contributed by atoms with Crippen LogP contribution in [0.15, 0.2) is 30.9 Å². The molecule has 70 valence electrons. The van der Waals surface area contributed by atoms with Gasteiger partial charge in [-0.05, 0) is 6.07 Å². The van der Waals surface area contributed by atoms with Gasteiger partial charge in [0.05, 0.1) is 13.2 Å². The maximum absolute atomic E-state index is 5.78. The van der Waals surface area contributed by atoms with E-state index in [1.165, 1.54) is 0 Å². The van der Waals surface area contributed by atoms with Crippen LogP contribution in [0.25, 0.3) is 0 Å². The molecule has 13 heavy (non-hydrogen) atoms. The molecule has 0 heterocycles. The molecule has 1 rings (SSSR count). The number of nitrogen functional groups attached to an aromatic ring is 1. The van der Waals surface area contributed by atoms with Gasteiger partial charge in [0.25, 0.3) is 0 Å². The lowest BCUT2D eigenvalue weighted by Gasteiger charge is -2.12. The molecule has 3 heteroatoms. The number of methoxy groups -OCH3 is 1. The summed E-state index contributed by atoms with van der Waals surface area (Å²) >= 11 is 0. The summed E-state index contributed by atoms with van der Waals surface area (Å²) in [5, 5.41) is 0. The number of benzene rings is 1. The highest BCUT2D eigenvalue weighted by molar-refractivity contribution is 5.50. The summed E-state index contributed by atoms with van der Waals surface area (Å²) in [7, 11) is 1.59. The van der Waals surface area contributed by atoms with Crippen molar-refractivity contribution in [3.05, 3.63) is 36.4 Å². The number of hydrogen-bond acceptors (Lipinski definition) is 3. The van der Waals surface area contributed by atoms with Crippen molar-refractivity contribution < 1.29 is 4.74 Å². The Morgan fingerprint density at radius 1 is 1.54 bits per heavy atom. The topological polar surface area (TPSA) is 61.3 Å². The van der Waals surface area contributed by atoms with Gasteiger partial charge in [-0.15, -0.1) is 6.58 Å². The van der Waals surface area contributed by atoms with Crippen LogP contribution in [-0.2, 0) is 0 Å². The van der Waals surface area contributed by atoms with E-state index in [2.05, 4.69) is 6.58 Å². The van der Waals surface area contributed by atoms with Crippen molar-refractivity contribution in [3.8, 4) is 5.75 Å². The minimum atomic E-state index is -0.212. The van der Waals surface area contributed by atoms with E-state index in [1.807, 2.05) is 6.07 Å². The molecule has 0 fully saturated rings. The van der Waals surface area contributed by atoms with Crippen molar-refractivity contribution in [2.24, 2.45) is 5.73 Å². The zero-order valence-corrected chi connectivity index (χ0v) is 7.66. The number of rotatable bonds is 3. The molecule has 0 bridgehead atoms. The third-order valence-electron chi connectivity index (χ3n) is 1.87. The lowest BCUT2D eigenvalue weighted by atomic mass is 10.1. The van der Waals surface area contributed by atoms with Crippen molar-refractivity contribution in [2.75, 3.05) is 12.8 Å². The fraction of sp³-hybridized carbons (Fsp3) is 0.200. The Bertz CT molecular complexity index is 310. The van der Waals surface area contributed by atoms with Gasteiger partial charge >= 0.3 is 0 Å². The lowest BCUT2D eigenvalue weighted by Crippen LogP contribution is -2.08. The van der Waals surface area contributed by atoms with Crippen LogP contribution in [-0.4, -0.2) is 7.11 Å². The lowest BCUT2D eigenvalue weighted by molar-refractivity contribution is 0.408. The summed E-state index contributed by atoms with van der Waals surface area (Å²) < 4.78 is 5.14. The first-order valence-corrected chi connectivity index (χ1v) is 4.00. The van der Waals surface area contributed by atoms with Gasteiger partial charge < -0.3 is 16.2 Å². The van der Waals surface area contributed by atoms with Gasteiger partial charge in [0.15, 0.2) is 0 Å². The molecule has 1 atom stereocenters. The molecule has 3 nitrogen and oxygen atoms in total. The smallest absolute Gasteiger partial charge is 0.126 e. The molecule has 1 aromatic carbocycles. The molecule has 4 N–H and O–H groups in total. The normalized spacial score (nSPS) is 12.2. The van der Waals surface area contributed by atoms with Crippen LogP contribution in [0.1, 0.15) is 11.6 Å². The summed E-state index contributed by atoms with van der Waals surface area (Å²) in [6, 6.07) is 5.18. The average molecular weight is 178 g/mol. The van der Waals surface area contributed by atoms with E-state index in [9.17, 15) is 0 Å². The first-order chi connectivity index (χ1) is 6.19. The van der Waals surface area contributed by atoms with Crippen LogP contribution < -0.4 is 16.2 Å². The summed E-state index contributed by atoms with van der Waals surface area (Å²) in [6.45, 7) is 3.62. The molecule has 0 aliphatic rings. The van der Waals surface area contributed by atoms with Gasteiger partial charge in [0.1, 0.15) is 5.75 Å². The average Bonchev–Trinajstić information content (AvgIpc) is 2.16. The Kier molecular flexibility index (Phi) is 2.93. The standard InChI is InChI=1S/C10H14N2O/c1-3-9(12)8-5-4-7(11)6-10(8)13-2/h3-6,9H,1,11-12H2,2H3/t9-/m0/s1. The SMILES string of the molecule is C=C[C@H](N)c1ccc(N)cc1OC. The molecule has 0 spiro atoms. The molecule has 0 amide bonds. The van der Waals surface area contributed by atoms with E-state index in [0.29, 0.717) is 11.4 Å². The summed E-state index contributed by atoms with van der Waals surface area (Å²) in [6.07, 6.45) is 1.66. The van der Waals surface area contributed by atoms with E-state index >= 15 is 0 Å². The van der Waals surface area contributed by atoms with Crippen molar-refractivity contribution in [3.63, 3.8) is 0 Å². The van der Waals surface area contributed by atoms with Crippen LogP contribution >= 0.6 is 0 Å². The Morgan fingerprint density at radius 2 is 2.23 bits per heavy atom. The predicted molar refractivity (Wildman–Crippen MR) is 54.5 cm³/mol. The highest BCUT2D eigenvalue weighted by Gasteiger charge is 2.08. The van der Waals surface area contributed by atoms with E-state index in [0.717, 1.165) is 5.56 Å². The van der Waals surface area contributed by atoms with Gasteiger partial charge in [-0.25, -0.2) is 0 Å². The second-order valence-electron chi connectivity index (χ2n) is 2.76. The molecule has 1 aromatic rings. The monoisotopic (exact) mass is 178 g/mol. The van der Waals surface area contributed by atoms with Gasteiger partial charge in [0.2, 0.25) is 0 Å². The van der Waals surface area contributed by atoms with Crippen LogP contribution in [0.3, 0.4) is 0 Å². The second kappa shape index (κ2) is 3.96. The molecule has 0 aromatic heterocycles. The van der Waals surface area contributed by atoms with Crippen LogP contribution in [0.4, 0.5) is 5.69 Å². The Balaban J connectivity index is 3.12. The zero-order valence-electron chi connectivity index (χ0n) is 7.66. The Morgan fingerprint density at radius 3 is 2.77 bits per heavy atom. The van der Waals surface area contributed by atoms with Crippen LogP contribution in [0.5, 0.6) is 5.75 Å². The van der Waals surface area contributed by atoms with Crippen molar-refractivity contribution in [1.82, 2.24) is 0 Å². The number of anilines is 1. The van der Waals surface area contributed by atoms with Crippen molar-refractivity contribution in [1.29, 1.82) is 0 Å². The zero-order chi connectivity index (χ0) is 9.84. The summed E-state index contributed by atoms with van der Waals surface area (Å²) in [4.78, 5) is 0. The van der Waals surface area contributed by atoms with E-state index < -0.39 is 0 Å². The van der Waals surface area contributed by atoms with Crippen molar-refractivity contribution in [2.45, 2.75) is 6.04 Å². The van der Waals surface area contributed by atoms with E-state index in [4.69, 9.17) is 16.2 Å². The first-order valence-electron chi connectivity index (χ1n) is 4.00. The second-order valence-corrected chi connectivity index (χ2v) is 2.76. The first kappa shape index (κ1) is 9.61. The maximum atomic E-state index is 5.78.